The zero-order valence-corrected chi connectivity index (χ0v) is 74.3. The lowest BCUT2D eigenvalue weighted by atomic mass is 9.79. The number of nitrogens with zero attached hydrogens (tertiary/aromatic N) is 6. The van der Waals surface area contributed by atoms with Gasteiger partial charge in [0.2, 0.25) is 0 Å². The highest BCUT2D eigenvalue weighted by Crippen LogP contribution is 2.39. The summed E-state index contributed by atoms with van der Waals surface area (Å²) >= 11 is 42.2. The standard InChI is InChI=1S/C46H32N2.C22H12Cl4N2.C12H17BO2.C10H6Br2N2.C6H5BCl2O2.5H3N/c1-5-13-33(14-6-1)39-25-40(34-15-7-2-8-16-34)28-43(27-39)37-21-23-45(47-31-37)46-24-22-38(32-48-46)44-29-41(35-17-9-3-10-18-35)26-42(30-44)36-19-11-4-12-20-36;23-17-5-15(6-18(24)9-17)13-1-3-21(27-11-13)22-4-2-14(12-28-22)16-7-19(25)10-20(26)8-16;1-11(2)12(3,4)15-13(14-11)10-8-6-5-7-9-10;11-7-1-3-9(13-5-7)10-4-2-8(12)6-14-10;8-5-1-4(7(10)11)2-6(9)3-5;;;;;/h1-32H;1-12H;5-9H,1-4H3;1-6H;1-3,10-11H;5*1H3. The maximum Gasteiger partial charge on any atom is 0.494 e. The fourth-order valence-corrected chi connectivity index (χ4v) is 14.5. The Hall–Kier alpha value is -10.4. The van der Waals surface area contributed by atoms with Crippen LogP contribution >= 0.6 is 101 Å². The summed E-state index contributed by atoms with van der Waals surface area (Å²) in [6.07, 6.45) is 11.0. The molecule has 0 aliphatic carbocycles. The molecular weight excluding hydrogens is 1770 g/mol. The highest BCUT2D eigenvalue weighted by atomic mass is 79.9. The van der Waals surface area contributed by atoms with Gasteiger partial charge in [-0.1, -0.05) is 246 Å². The van der Waals surface area contributed by atoms with Gasteiger partial charge in [-0.3, -0.25) is 29.9 Å². The van der Waals surface area contributed by atoms with Gasteiger partial charge in [0, 0.05) is 98.5 Å². The topological polar surface area (TPSA) is 311 Å². The van der Waals surface area contributed by atoms with Crippen molar-refractivity contribution in [2.45, 2.75) is 38.9 Å². The van der Waals surface area contributed by atoms with Gasteiger partial charge in [0.1, 0.15) is 0 Å². The third kappa shape index (κ3) is 26.1. The quantitative estimate of drug-likeness (QED) is 0.0528. The van der Waals surface area contributed by atoms with Crippen molar-refractivity contribution in [3.05, 3.63) is 392 Å². The fraction of sp³-hybridized carbons (Fsp3) is 0.0625. The third-order valence-corrected chi connectivity index (χ3v) is 21.4. The van der Waals surface area contributed by atoms with Crippen molar-refractivity contribution in [2.75, 3.05) is 0 Å². The first-order valence-electron chi connectivity index (χ1n) is 36.8. The lowest BCUT2D eigenvalue weighted by Crippen LogP contribution is -2.41. The molecule has 0 unspecified atom stereocenters. The maximum absolute atomic E-state index is 8.71. The number of hydrogen-bond donors (Lipinski definition) is 7. The maximum atomic E-state index is 8.71. The molecule has 0 bridgehead atoms. The summed E-state index contributed by atoms with van der Waals surface area (Å²) in [5.74, 6) is 0. The monoisotopic (exact) mass is 1850 g/mol. The molecule has 0 spiro atoms. The average Bonchev–Trinajstić information content (AvgIpc) is 1.77. The van der Waals surface area contributed by atoms with Crippen LogP contribution in [0.25, 0.3) is 123 Å². The van der Waals surface area contributed by atoms with E-state index in [0.717, 1.165) is 93.1 Å². The summed E-state index contributed by atoms with van der Waals surface area (Å²) in [5.41, 5.74) is 23.4. The zero-order chi connectivity index (χ0) is 81.3. The molecule has 6 aromatic heterocycles. The predicted octanol–water partition coefficient (Wildman–Crippen LogP) is 27.4. The van der Waals surface area contributed by atoms with Gasteiger partial charge < -0.3 is 50.1 Å². The molecule has 15 nitrogen and oxygen atoms in total. The van der Waals surface area contributed by atoms with Gasteiger partial charge in [0.25, 0.3) is 0 Å². The van der Waals surface area contributed by atoms with Crippen molar-refractivity contribution >= 4 is 127 Å². The summed E-state index contributed by atoms with van der Waals surface area (Å²) in [4.78, 5) is 27.3. The molecule has 121 heavy (non-hydrogen) atoms. The second-order valence-corrected chi connectivity index (χ2v) is 32.4. The number of pyridine rings is 6. The van der Waals surface area contributed by atoms with Gasteiger partial charge in [-0.25, -0.2) is 0 Å². The number of rotatable bonds is 13. The van der Waals surface area contributed by atoms with E-state index >= 15 is 0 Å². The van der Waals surface area contributed by atoms with Crippen molar-refractivity contribution in [1.29, 1.82) is 0 Å². The van der Waals surface area contributed by atoms with E-state index in [-0.39, 0.29) is 49.1 Å². The highest BCUT2D eigenvalue weighted by molar-refractivity contribution is 9.10. The van der Waals surface area contributed by atoms with Crippen LogP contribution in [-0.4, -0.2) is 65.4 Å². The average molecular weight is 1850 g/mol. The molecule has 17 rings (SSSR count). The van der Waals surface area contributed by atoms with Crippen LogP contribution in [0.4, 0.5) is 0 Å². The number of benzene rings is 10. The molecule has 1 aliphatic heterocycles. The van der Waals surface area contributed by atoms with Crippen molar-refractivity contribution in [3.8, 4) is 123 Å². The second kappa shape index (κ2) is 44.9. The molecule has 16 aromatic rings. The first-order valence-corrected chi connectivity index (χ1v) is 40.6. The van der Waals surface area contributed by atoms with E-state index in [4.69, 9.17) is 98.9 Å². The van der Waals surface area contributed by atoms with E-state index in [1.54, 1.807) is 36.9 Å². The Kier molecular flexibility index (Phi) is 35.6. The summed E-state index contributed by atoms with van der Waals surface area (Å²) in [7, 11) is -1.76. The molecule has 1 fully saturated rings. The Morgan fingerprint density at radius 2 is 0.471 bits per heavy atom. The van der Waals surface area contributed by atoms with Crippen LogP contribution in [0.5, 0.6) is 0 Å². The van der Waals surface area contributed by atoms with Crippen LogP contribution in [-0.2, 0) is 9.31 Å². The van der Waals surface area contributed by atoms with Gasteiger partial charge in [-0.05, 0) is 277 Å². The van der Waals surface area contributed by atoms with Crippen molar-refractivity contribution < 1.29 is 19.4 Å². The third-order valence-electron chi connectivity index (χ3n) is 19.2. The van der Waals surface area contributed by atoms with Gasteiger partial charge in [-0.15, -0.1) is 0 Å². The minimum absolute atomic E-state index is 0. The van der Waals surface area contributed by atoms with Gasteiger partial charge >= 0.3 is 14.2 Å². The Labute approximate surface area is 754 Å². The van der Waals surface area contributed by atoms with Crippen LogP contribution < -0.4 is 41.7 Å². The van der Waals surface area contributed by atoms with E-state index in [1.807, 2.05) is 116 Å². The molecule has 0 saturated carbocycles. The van der Waals surface area contributed by atoms with E-state index in [0.29, 0.717) is 35.6 Å². The Balaban J connectivity index is 0.000000210. The number of halogens is 8. The van der Waals surface area contributed by atoms with Gasteiger partial charge in [0.15, 0.2) is 0 Å². The van der Waals surface area contributed by atoms with E-state index in [1.165, 1.54) is 62.7 Å². The molecule has 612 valence electrons. The normalized spacial score (nSPS) is 11.8. The SMILES string of the molecule is Brc1ccc(-c2ccc(Br)cn2)nc1.CC1(C)OB(c2ccccc2)OC1(C)C.Clc1cc(Cl)cc(-c2ccc(-c3ccc(-c4cc(Cl)cc(Cl)c4)cn3)nc2)c1.N.N.N.N.N.OB(O)c1cc(Cl)cc(Cl)c1.c1ccc(-c2cc(-c3ccccc3)cc(-c3ccc(-c4ccc(-c5cc(-c6ccccc6)cc(-c6ccccc6)c5)cn4)nc3)c2)cc1. The fourth-order valence-electron chi connectivity index (χ4n) is 12.5. The highest BCUT2D eigenvalue weighted by Gasteiger charge is 2.51. The summed E-state index contributed by atoms with van der Waals surface area (Å²) in [5, 5.41) is 20.6. The Morgan fingerprint density at radius 1 is 0.256 bits per heavy atom. The Morgan fingerprint density at radius 3 is 0.694 bits per heavy atom. The lowest BCUT2D eigenvalue weighted by molar-refractivity contribution is 0.00578. The number of aromatic nitrogens is 6. The van der Waals surface area contributed by atoms with E-state index in [9.17, 15) is 0 Å². The molecule has 1 aliphatic rings. The summed E-state index contributed by atoms with van der Waals surface area (Å²) < 4.78 is 13.8. The molecule has 0 atom stereocenters. The second-order valence-electron chi connectivity index (χ2n) is 27.9. The van der Waals surface area contributed by atoms with Crippen molar-refractivity contribution in [1.82, 2.24) is 60.7 Å². The Bertz CT molecular complexity index is 5470. The van der Waals surface area contributed by atoms with Crippen LogP contribution in [0.15, 0.2) is 362 Å². The molecule has 1 saturated heterocycles. The number of hydrogen-bond acceptors (Lipinski definition) is 15. The van der Waals surface area contributed by atoms with E-state index < -0.39 is 7.12 Å². The minimum atomic E-state index is -1.52. The first-order chi connectivity index (χ1) is 56.0. The molecule has 0 amide bonds. The molecule has 0 radical (unpaired) electrons. The predicted molar refractivity (Wildman–Crippen MR) is 515 cm³/mol. The van der Waals surface area contributed by atoms with Crippen molar-refractivity contribution in [3.63, 3.8) is 0 Å². The molecule has 7 heterocycles. The van der Waals surface area contributed by atoms with Crippen LogP contribution in [0.3, 0.4) is 0 Å². The smallest absolute Gasteiger partial charge is 0.423 e. The summed E-state index contributed by atoms with van der Waals surface area (Å²) in [6.45, 7) is 8.26. The van der Waals surface area contributed by atoms with Crippen LogP contribution in [0, 0.1) is 0 Å². The lowest BCUT2D eigenvalue weighted by Gasteiger charge is -2.32. The minimum Gasteiger partial charge on any atom is -0.423 e. The van der Waals surface area contributed by atoms with Crippen LogP contribution in [0.1, 0.15) is 27.7 Å². The first kappa shape index (κ1) is 96.0. The van der Waals surface area contributed by atoms with E-state index in [2.05, 4.69) is 261 Å². The van der Waals surface area contributed by atoms with Gasteiger partial charge in [0.05, 0.1) is 45.4 Å². The molecule has 10 aromatic carbocycles. The zero-order valence-electron chi connectivity index (χ0n) is 66.6. The molecular formula is C96H87B2Br2Cl6N11O4. The largest absolute Gasteiger partial charge is 0.494 e. The van der Waals surface area contributed by atoms with Crippen LogP contribution in [0.2, 0.25) is 30.1 Å². The molecule has 25 heteroatoms. The summed E-state index contributed by atoms with van der Waals surface area (Å²) in [6, 6.07) is 105. The van der Waals surface area contributed by atoms with Crippen molar-refractivity contribution in [2.24, 2.45) is 0 Å². The van der Waals surface area contributed by atoms with Gasteiger partial charge in [-0.2, -0.15) is 0 Å². The molecule has 17 N–H and O–H groups in total.